The minimum absolute atomic E-state index is 0. The zero-order valence-electron chi connectivity index (χ0n) is 3.24. The third-order valence-electron chi connectivity index (χ3n) is 0. The molecule has 1 radical (unpaired) electrons. The molecule has 5 heteroatoms. The normalized spacial score (nSPS) is 5.83. The van der Waals surface area contributed by atoms with Crippen LogP contribution in [0.2, 0.25) is 0 Å². The summed E-state index contributed by atoms with van der Waals surface area (Å²) < 4.78 is 9.16. The molecule has 0 unspecified atom stereocenters. The van der Waals surface area contributed by atoms with E-state index in [0.29, 0.717) is 0 Å². The van der Waals surface area contributed by atoms with Gasteiger partial charge in [-0.2, -0.15) is 0 Å². The van der Waals surface area contributed by atoms with Gasteiger partial charge < -0.3 is 7.43 Å². The third-order valence-corrected chi connectivity index (χ3v) is 0. The van der Waals surface area contributed by atoms with Crippen LogP contribution in [-0.4, -0.2) is 0 Å². The molecule has 0 atom stereocenters. The van der Waals surface area contributed by atoms with Crippen molar-refractivity contribution in [3.63, 3.8) is 0 Å². The smallest absolute Gasteiger partial charge is 0.241 e. The van der Waals surface area contributed by atoms with E-state index in [9.17, 15) is 0 Å². The van der Waals surface area contributed by atoms with Crippen LogP contribution >= 0.6 is 29.0 Å². The summed E-state index contributed by atoms with van der Waals surface area (Å²) in [6, 6.07) is 0. The Labute approximate surface area is 73.0 Å². The summed E-state index contributed by atoms with van der Waals surface area (Å²) in [5.74, 6) is 0. The number of rotatable bonds is 0. The van der Waals surface area contributed by atoms with Crippen LogP contribution in [0.5, 0.6) is 0 Å². The van der Waals surface area contributed by atoms with Gasteiger partial charge in [0.15, 0.2) is 0 Å². The second kappa shape index (κ2) is 10.0. The fourth-order valence-electron chi connectivity index (χ4n) is 0. The van der Waals surface area contributed by atoms with E-state index in [2.05, 4.69) is 22.5 Å². The summed E-state index contributed by atoms with van der Waals surface area (Å²) in [6.45, 7) is -2.19. The third kappa shape index (κ3) is 39.0. The molecule has 0 saturated carbocycles. The van der Waals surface area contributed by atoms with Crippen LogP contribution in [0.4, 0.5) is 0 Å². The maximum absolute atomic E-state index is 9.16. The molecule has 6 heavy (non-hydrogen) atoms. The van der Waals surface area contributed by atoms with E-state index in [1.807, 2.05) is 0 Å². The maximum Gasteiger partial charge on any atom is 0.241 e. The number of hydrogen-bond acceptors (Lipinski definition) is 1. The molecular weight excluding hydrogens is 219 g/mol. The zero-order valence-corrected chi connectivity index (χ0v) is 8.59. The molecule has 37 valence electrons. The number of hydrogen-bond donors (Lipinski definition) is 0. The Morgan fingerprint density at radius 3 is 1.33 bits per heavy atom. The molecule has 0 aromatic carbocycles. The van der Waals surface area contributed by atoms with Gasteiger partial charge in [-0.15, -0.1) is 0 Å². The predicted molar refractivity (Wildman–Crippen MR) is 27.1 cm³/mol. The van der Waals surface area contributed by atoms with Crippen LogP contribution in [0.15, 0.2) is 0 Å². The van der Waals surface area contributed by atoms with E-state index < -0.39 is 6.51 Å². The maximum atomic E-state index is 9.16. The molecule has 0 fully saturated rings. The van der Waals surface area contributed by atoms with E-state index in [1.165, 1.54) is 0 Å². The van der Waals surface area contributed by atoms with Crippen molar-refractivity contribution in [1.29, 1.82) is 0 Å². The summed E-state index contributed by atoms with van der Waals surface area (Å²) in [7, 11) is 0. The molecule has 0 aromatic rings. The standard InChI is InChI=1S/CH3.Cl2HOP.Y/c;1-4(2)3;/h1H3;4H;/q-1;;. The van der Waals surface area contributed by atoms with Crippen molar-refractivity contribution in [2.24, 2.45) is 0 Å². The van der Waals surface area contributed by atoms with Crippen LogP contribution in [0, 0.1) is 7.43 Å². The Morgan fingerprint density at radius 1 is 1.33 bits per heavy atom. The first-order valence-electron chi connectivity index (χ1n) is 0.582. The van der Waals surface area contributed by atoms with Gasteiger partial charge >= 0.3 is 0 Å². The topological polar surface area (TPSA) is 17.1 Å². The minimum Gasteiger partial charge on any atom is -0.358 e. The van der Waals surface area contributed by atoms with Gasteiger partial charge in [-0.05, 0) is 22.5 Å². The summed E-state index contributed by atoms with van der Waals surface area (Å²) >= 11 is 9.17. The molecule has 0 spiro atoms. The summed E-state index contributed by atoms with van der Waals surface area (Å²) in [5.41, 5.74) is 0. The Morgan fingerprint density at radius 2 is 1.33 bits per heavy atom. The molecule has 0 rings (SSSR count). The SMILES string of the molecule is O=[PH](Cl)Cl.[CH3-].[Y]. The average Bonchev–Trinajstić information content (AvgIpc) is 0.811. The molecule has 0 saturated heterocycles. The molecule has 0 N–H and O–H groups in total. The van der Waals surface area contributed by atoms with E-state index in [4.69, 9.17) is 4.57 Å². The largest absolute Gasteiger partial charge is 0.358 e. The van der Waals surface area contributed by atoms with Crippen LogP contribution in [-0.2, 0) is 37.3 Å². The molecule has 0 amide bonds. The van der Waals surface area contributed by atoms with Gasteiger partial charge in [-0.25, -0.2) is 0 Å². The van der Waals surface area contributed by atoms with Crippen molar-refractivity contribution in [1.82, 2.24) is 0 Å². The van der Waals surface area contributed by atoms with Crippen LogP contribution in [0.3, 0.4) is 0 Å². The molecule has 0 aliphatic rings. The second-order valence-electron chi connectivity index (χ2n) is 0.226. The first-order valence-corrected chi connectivity index (χ1v) is 4.01. The monoisotopic (exact) mass is 222 g/mol. The Bertz CT molecular complexity index is 36.5. The van der Waals surface area contributed by atoms with E-state index in [1.54, 1.807) is 0 Å². The molecule has 0 bridgehead atoms. The van der Waals surface area contributed by atoms with Crippen molar-refractivity contribution in [2.75, 3.05) is 0 Å². The quantitative estimate of drug-likeness (QED) is 0.454. The van der Waals surface area contributed by atoms with Crippen LogP contribution < -0.4 is 0 Å². The fraction of sp³-hybridized carbons (Fsp3) is 0. The van der Waals surface area contributed by atoms with Gasteiger partial charge in [0.1, 0.15) is 0 Å². The van der Waals surface area contributed by atoms with E-state index >= 15 is 0 Å². The van der Waals surface area contributed by atoms with Gasteiger partial charge in [-0.3, -0.25) is 4.57 Å². The van der Waals surface area contributed by atoms with Gasteiger partial charge in [0, 0.05) is 32.7 Å². The summed E-state index contributed by atoms with van der Waals surface area (Å²) in [6.07, 6.45) is 0. The van der Waals surface area contributed by atoms with Crippen molar-refractivity contribution in [3.8, 4) is 0 Å². The Kier molecular flexibility index (Phi) is 26.1. The molecule has 0 aliphatic heterocycles. The van der Waals surface area contributed by atoms with E-state index in [0.717, 1.165) is 0 Å². The van der Waals surface area contributed by atoms with Gasteiger partial charge in [-0.1, -0.05) is 0 Å². The Balaban J connectivity index is -0.0000000450. The zero-order chi connectivity index (χ0) is 3.58. The second-order valence-corrected chi connectivity index (χ2v) is 3.32. The minimum atomic E-state index is -2.19. The number of halogens is 2. The molecule has 0 heterocycles. The first-order chi connectivity index (χ1) is 1.73. The fourth-order valence-corrected chi connectivity index (χ4v) is 0. The van der Waals surface area contributed by atoms with E-state index in [-0.39, 0.29) is 40.1 Å². The summed E-state index contributed by atoms with van der Waals surface area (Å²) in [5, 5.41) is 0. The van der Waals surface area contributed by atoms with Crippen molar-refractivity contribution < 1.29 is 37.3 Å². The Hall–Kier alpha value is 1.91. The summed E-state index contributed by atoms with van der Waals surface area (Å²) in [4.78, 5) is 0. The van der Waals surface area contributed by atoms with Crippen molar-refractivity contribution >= 4 is 29.0 Å². The predicted octanol–water partition coefficient (Wildman–Crippen LogP) is 2.30. The van der Waals surface area contributed by atoms with Gasteiger partial charge in [0.25, 0.3) is 0 Å². The molecular formula is CH4Cl2OPY-. The van der Waals surface area contributed by atoms with Gasteiger partial charge in [0.2, 0.25) is 6.51 Å². The molecule has 1 nitrogen and oxygen atoms in total. The average molecular weight is 223 g/mol. The first kappa shape index (κ1) is 15.7. The molecule has 0 aliphatic carbocycles. The molecule has 0 aromatic heterocycles. The van der Waals surface area contributed by atoms with Crippen molar-refractivity contribution in [3.05, 3.63) is 7.43 Å². The van der Waals surface area contributed by atoms with Crippen LogP contribution in [0.1, 0.15) is 0 Å². The van der Waals surface area contributed by atoms with Gasteiger partial charge in [0.05, 0.1) is 0 Å². The van der Waals surface area contributed by atoms with Crippen molar-refractivity contribution in [2.45, 2.75) is 0 Å². The van der Waals surface area contributed by atoms with Crippen LogP contribution in [0.25, 0.3) is 0 Å².